The summed E-state index contributed by atoms with van der Waals surface area (Å²) in [6.07, 6.45) is 8.98. The van der Waals surface area contributed by atoms with Crippen LogP contribution in [-0.2, 0) is 16.6 Å². The molecule has 11 heteroatoms. The predicted molar refractivity (Wildman–Crippen MR) is 119 cm³/mol. The van der Waals surface area contributed by atoms with Crippen LogP contribution in [0.3, 0.4) is 0 Å². The van der Waals surface area contributed by atoms with Gasteiger partial charge in [0.15, 0.2) is 0 Å². The summed E-state index contributed by atoms with van der Waals surface area (Å²) in [4.78, 5) is 41.2. The van der Waals surface area contributed by atoms with E-state index in [1.807, 2.05) is 24.1 Å². The number of fused-ring (bicyclic) bond motifs is 3. The van der Waals surface area contributed by atoms with E-state index >= 15 is 0 Å². The first-order valence-corrected chi connectivity index (χ1v) is 10.9. The fourth-order valence-corrected chi connectivity index (χ4v) is 4.79. The van der Waals surface area contributed by atoms with Gasteiger partial charge in [0, 0.05) is 49.2 Å². The van der Waals surface area contributed by atoms with Crippen molar-refractivity contribution in [2.75, 3.05) is 31.6 Å². The lowest BCUT2D eigenvalue weighted by Crippen LogP contribution is -2.44. The van der Waals surface area contributed by atoms with Crippen LogP contribution in [0.4, 0.5) is 5.82 Å². The van der Waals surface area contributed by atoms with Crippen LogP contribution >= 0.6 is 0 Å². The van der Waals surface area contributed by atoms with Gasteiger partial charge in [-0.3, -0.25) is 14.0 Å². The molecule has 1 spiro atoms. The van der Waals surface area contributed by atoms with Crippen LogP contribution in [0.5, 0.6) is 0 Å². The van der Waals surface area contributed by atoms with Crippen molar-refractivity contribution in [1.82, 2.24) is 29.2 Å². The average molecular weight is 454 g/mol. The van der Waals surface area contributed by atoms with Crippen LogP contribution in [0, 0.1) is 6.92 Å². The van der Waals surface area contributed by atoms with E-state index in [1.54, 1.807) is 16.8 Å². The number of hydrogen-bond acceptors (Lipinski definition) is 8. The number of aliphatic hydroxyl groups excluding tert-OH is 1. The fourth-order valence-electron chi connectivity index (χ4n) is 4.79. The van der Waals surface area contributed by atoms with Gasteiger partial charge in [-0.25, -0.2) is 19.9 Å². The lowest BCUT2D eigenvalue weighted by molar-refractivity contribution is -0.122. The number of hydrogen-bond donors (Lipinski definition) is 3. The summed E-state index contributed by atoms with van der Waals surface area (Å²) in [7, 11) is 0. The molecular formula is C22H27N7O4. The Bertz CT molecular complexity index is 1120. The van der Waals surface area contributed by atoms with Crippen molar-refractivity contribution in [3.63, 3.8) is 0 Å². The number of carbonyl (C=O) groups excluding carboxylic acids is 1. The Morgan fingerprint density at radius 2 is 2.00 bits per heavy atom. The molecule has 5 rings (SSSR count). The molecule has 1 aliphatic heterocycles. The molecular weight excluding hydrogens is 426 g/mol. The van der Waals surface area contributed by atoms with Gasteiger partial charge < -0.3 is 20.4 Å². The van der Waals surface area contributed by atoms with E-state index in [0.717, 1.165) is 43.0 Å². The van der Waals surface area contributed by atoms with E-state index in [9.17, 15) is 4.79 Å². The topological polar surface area (TPSA) is 146 Å². The molecule has 4 heterocycles. The Kier molecular flexibility index (Phi) is 6.50. The molecule has 174 valence electrons. The maximum atomic E-state index is 13.0. The smallest absolute Gasteiger partial charge is 0.290 e. The summed E-state index contributed by atoms with van der Waals surface area (Å²) in [5.41, 5.74) is 2.72. The normalized spacial score (nSPS) is 16.2. The highest BCUT2D eigenvalue weighted by molar-refractivity contribution is 5.92. The van der Waals surface area contributed by atoms with E-state index in [0.29, 0.717) is 31.1 Å². The largest absolute Gasteiger partial charge is 0.483 e. The minimum atomic E-state index is -0.250. The van der Waals surface area contributed by atoms with Gasteiger partial charge in [-0.15, -0.1) is 0 Å². The molecule has 0 radical (unpaired) electrons. The van der Waals surface area contributed by atoms with Gasteiger partial charge >= 0.3 is 0 Å². The van der Waals surface area contributed by atoms with Crippen molar-refractivity contribution < 1.29 is 19.8 Å². The molecule has 0 saturated carbocycles. The molecule has 3 aromatic rings. The van der Waals surface area contributed by atoms with Crippen LogP contribution in [0.15, 0.2) is 24.7 Å². The third kappa shape index (κ3) is 4.36. The highest BCUT2D eigenvalue weighted by atomic mass is 16.3. The third-order valence-corrected chi connectivity index (χ3v) is 6.34. The highest BCUT2D eigenvalue weighted by Gasteiger charge is 2.44. The second-order valence-electron chi connectivity index (χ2n) is 8.23. The number of aryl methyl sites for hydroxylation is 1. The van der Waals surface area contributed by atoms with Crippen molar-refractivity contribution in [2.45, 2.75) is 38.0 Å². The zero-order valence-electron chi connectivity index (χ0n) is 18.4. The van der Waals surface area contributed by atoms with Crippen molar-refractivity contribution in [1.29, 1.82) is 0 Å². The van der Waals surface area contributed by atoms with E-state index in [2.05, 4.69) is 20.3 Å². The Morgan fingerprint density at radius 1 is 1.24 bits per heavy atom. The molecule has 0 atom stereocenters. The molecule has 0 aromatic carbocycles. The SMILES string of the molecule is Cc1nc(NCCO)c2c(n1)C1(CC2)CCN(C(=O)c2cn3cccnc3n2)CC1.O=CO. The molecule has 33 heavy (non-hydrogen) atoms. The predicted octanol–water partition coefficient (Wildman–Crippen LogP) is 1.05. The van der Waals surface area contributed by atoms with E-state index < -0.39 is 0 Å². The molecule has 1 amide bonds. The highest BCUT2D eigenvalue weighted by Crippen LogP contribution is 2.47. The third-order valence-electron chi connectivity index (χ3n) is 6.34. The lowest BCUT2D eigenvalue weighted by Gasteiger charge is -2.39. The van der Waals surface area contributed by atoms with E-state index in [4.69, 9.17) is 20.0 Å². The minimum absolute atomic E-state index is 0.00404. The number of carbonyl (C=O) groups is 2. The number of carboxylic acid groups (broad SMARTS) is 1. The van der Waals surface area contributed by atoms with Gasteiger partial charge in [-0.2, -0.15) is 0 Å². The zero-order chi connectivity index (χ0) is 23.4. The van der Waals surface area contributed by atoms with Crippen LogP contribution in [0.2, 0.25) is 0 Å². The lowest BCUT2D eigenvalue weighted by atomic mass is 9.76. The fraction of sp³-hybridized carbons (Fsp3) is 0.455. The minimum Gasteiger partial charge on any atom is -0.483 e. The summed E-state index contributed by atoms with van der Waals surface area (Å²) < 4.78 is 1.77. The molecule has 0 unspecified atom stereocenters. The van der Waals surface area contributed by atoms with Crippen LogP contribution in [0.25, 0.3) is 5.78 Å². The molecule has 3 N–H and O–H groups in total. The summed E-state index contributed by atoms with van der Waals surface area (Å²) in [5, 5.41) is 19.3. The molecule has 1 fully saturated rings. The van der Waals surface area contributed by atoms with Gasteiger partial charge in [0.25, 0.3) is 12.4 Å². The number of amides is 1. The second kappa shape index (κ2) is 9.49. The number of likely N-dealkylation sites (tertiary alicyclic amines) is 1. The van der Waals surface area contributed by atoms with Crippen molar-refractivity contribution in [3.05, 3.63) is 47.4 Å². The number of anilines is 1. The Hall–Kier alpha value is -3.60. The Morgan fingerprint density at radius 3 is 2.70 bits per heavy atom. The van der Waals surface area contributed by atoms with Gasteiger partial charge in [0.2, 0.25) is 5.78 Å². The number of nitrogens with one attached hydrogen (secondary N) is 1. The maximum Gasteiger partial charge on any atom is 0.290 e. The molecule has 3 aromatic heterocycles. The van der Waals surface area contributed by atoms with Crippen LogP contribution in [0.1, 0.15) is 46.8 Å². The first kappa shape index (κ1) is 22.6. The van der Waals surface area contributed by atoms with Gasteiger partial charge in [-0.1, -0.05) is 0 Å². The summed E-state index contributed by atoms with van der Waals surface area (Å²) in [5.74, 6) is 2.08. The van der Waals surface area contributed by atoms with Gasteiger partial charge in [0.1, 0.15) is 17.3 Å². The molecule has 1 saturated heterocycles. The molecule has 1 aliphatic carbocycles. The molecule has 0 bridgehead atoms. The van der Waals surface area contributed by atoms with E-state index in [1.165, 1.54) is 5.56 Å². The van der Waals surface area contributed by atoms with Crippen LogP contribution < -0.4 is 5.32 Å². The van der Waals surface area contributed by atoms with Crippen molar-refractivity contribution in [3.8, 4) is 0 Å². The van der Waals surface area contributed by atoms with Crippen molar-refractivity contribution in [2.24, 2.45) is 0 Å². The number of piperidine rings is 1. The summed E-state index contributed by atoms with van der Waals surface area (Å²) >= 11 is 0. The number of imidazole rings is 1. The zero-order valence-corrected chi connectivity index (χ0v) is 18.4. The number of aromatic nitrogens is 5. The molecule has 11 nitrogen and oxygen atoms in total. The number of aliphatic hydroxyl groups is 1. The number of rotatable bonds is 4. The summed E-state index contributed by atoms with van der Waals surface area (Å²) in [6.45, 7) is 3.57. The maximum absolute atomic E-state index is 13.0. The number of nitrogens with zero attached hydrogens (tertiary/aromatic N) is 6. The van der Waals surface area contributed by atoms with Gasteiger partial charge in [0.05, 0.1) is 12.3 Å². The Balaban J connectivity index is 0.000000821. The standard InChI is InChI=1S/C21H25N7O2.CH2O2/c1-14-24-17-15(18(25-14)22-8-12-29)3-4-21(17)5-10-27(11-6-21)19(30)16-13-28-9-2-7-23-20(28)26-16;2-1-3/h2,7,9,13,29H,3-6,8,10-12H2,1H3,(H,22,24,25);1H,(H,2,3). The monoisotopic (exact) mass is 453 g/mol. The average Bonchev–Trinajstić information content (AvgIpc) is 3.40. The quantitative estimate of drug-likeness (QED) is 0.493. The molecule has 2 aliphatic rings. The summed E-state index contributed by atoms with van der Waals surface area (Å²) in [6, 6.07) is 1.82. The van der Waals surface area contributed by atoms with Gasteiger partial charge in [-0.05, 0) is 38.7 Å². The first-order valence-electron chi connectivity index (χ1n) is 10.9. The first-order chi connectivity index (χ1) is 16.0. The second-order valence-corrected chi connectivity index (χ2v) is 8.23. The van der Waals surface area contributed by atoms with E-state index in [-0.39, 0.29) is 24.4 Å². The van der Waals surface area contributed by atoms with Crippen molar-refractivity contribution >= 4 is 24.0 Å². The van der Waals surface area contributed by atoms with Crippen LogP contribution in [-0.4, -0.2) is 78.1 Å². The Labute approximate surface area is 190 Å².